The van der Waals surface area contributed by atoms with Crippen molar-refractivity contribution in [1.82, 2.24) is 4.72 Å². The average molecular weight is 412 g/mol. The van der Waals surface area contributed by atoms with Gasteiger partial charge in [0.1, 0.15) is 6.54 Å². The summed E-state index contributed by atoms with van der Waals surface area (Å²) < 4.78 is 31.3. The second-order valence-electron chi connectivity index (χ2n) is 5.77. The molecule has 1 amide bonds. The fourth-order valence-corrected chi connectivity index (χ4v) is 3.12. The first-order chi connectivity index (χ1) is 13.7. The Morgan fingerprint density at radius 3 is 2.34 bits per heavy atom. The Morgan fingerprint density at radius 1 is 1.07 bits per heavy atom. The lowest BCUT2D eigenvalue weighted by molar-refractivity contribution is -0.151. The number of nitriles is 2. The third-order valence-corrected chi connectivity index (χ3v) is 5.05. The lowest BCUT2D eigenvalue weighted by atomic mass is 10.2. The van der Waals surface area contributed by atoms with Crippen LogP contribution in [0.3, 0.4) is 0 Å². The lowest BCUT2D eigenvalue weighted by Gasteiger charge is -2.14. The molecule has 0 bridgehead atoms. The van der Waals surface area contributed by atoms with Crippen LogP contribution >= 0.6 is 0 Å². The number of amides is 1. The monoisotopic (exact) mass is 412 g/mol. The van der Waals surface area contributed by atoms with Crippen LogP contribution in [0, 0.1) is 22.7 Å². The molecule has 0 heterocycles. The molecule has 0 aromatic heterocycles. The molecular formula is C19H16N4O5S. The van der Waals surface area contributed by atoms with Gasteiger partial charge in [-0.05, 0) is 49.4 Å². The summed E-state index contributed by atoms with van der Waals surface area (Å²) in [4.78, 5) is 23.9. The van der Waals surface area contributed by atoms with Gasteiger partial charge in [-0.3, -0.25) is 9.59 Å². The van der Waals surface area contributed by atoms with Crippen molar-refractivity contribution >= 4 is 27.6 Å². The number of ether oxygens (including phenoxy) is 1. The van der Waals surface area contributed by atoms with Crippen molar-refractivity contribution in [2.75, 3.05) is 11.9 Å². The minimum atomic E-state index is -3.98. The summed E-state index contributed by atoms with van der Waals surface area (Å²) in [6, 6.07) is 15.1. The number of nitrogens with zero attached hydrogens (tertiary/aromatic N) is 2. The number of carbonyl (C=O) groups excluding carboxylic acids is 2. The Balaban J connectivity index is 1.89. The molecule has 2 rings (SSSR count). The van der Waals surface area contributed by atoms with Crippen molar-refractivity contribution in [3.63, 3.8) is 0 Å². The van der Waals surface area contributed by atoms with Gasteiger partial charge < -0.3 is 10.1 Å². The Kier molecular flexibility index (Phi) is 7.04. The van der Waals surface area contributed by atoms with Gasteiger partial charge in [0.25, 0.3) is 5.91 Å². The van der Waals surface area contributed by atoms with E-state index in [1.165, 1.54) is 37.3 Å². The lowest BCUT2D eigenvalue weighted by Crippen LogP contribution is -2.35. The Hall–Kier alpha value is -3.73. The van der Waals surface area contributed by atoms with Gasteiger partial charge in [0.05, 0.1) is 28.2 Å². The van der Waals surface area contributed by atoms with Gasteiger partial charge in [0.15, 0.2) is 6.10 Å². The van der Waals surface area contributed by atoms with E-state index in [2.05, 4.69) is 10.0 Å². The van der Waals surface area contributed by atoms with Gasteiger partial charge in [0, 0.05) is 5.69 Å². The van der Waals surface area contributed by atoms with Gasteiger partial charge in [-0.1, -0.05) is 6.07 Å². The second kappa shape index (κ2) is 9.46. The van der Waals surface area contributed by atoms with Crippen LogP contribution in [0.5, 0.6) is 0 Å². The first kappa shape index (κ1) is 21.6. The molecule has 0 spiro atoms. The van der Waals surface area contributed by atoms with Crippen LogP contribution in [-0.2, 0) is 24.3 Å². The fraction of sp³-hybridized carbons (Fsp3) is 0.158. The highest BCUT2D eigenvalue weighted by Crippen LogP contribution is 2.11. The largest absolute Gasteiger partial charge is 0.452 e. The zero-order valence-corrected chi connectivity index (χ0v) is 16.1. The van der Waals surface area contributed by atoms with E-state index < -0.39 is 34.5 Å². The third-order valence-electron chi connectivity index (χ3n) is 3.64. The van der Waals surface area contributed by atoms with Crippen LogP contribution < -0.4 is 10.0 Å². The van der Waals surface area contributed by atoms with Crippen molar-refractivity contribution in [2.45, 2.75) is 17.9 Å². The van der Waals surface area contributed by atoms with E-state index >= 15 is 0 Å². The number of hydrogen-bond donors (Lipinski definition) is 2. The third kappa shape index (κ3) is 6.14. The topological polar surface area (TPSA) is 149 Å². The van der Waals surface area contributed by atoms with Crippen molar-refractivity contribution < 1.29 is 22.7 Å². The zero-order valence-electron chi connectivity index (χ0n) is 15.2. The molecule has 0 aliphatic heterocycles. The minimum absolute atomic E-state index is 0.118. The zero-order chi connectivity index (χ0) is 21.4. The van der Waals surface area contributed by atoms with Gasteiger partial charge in [-0.2, -0.15) is 15.2 Å². The SMILES string of the molecule is C[C@@H](OC(=O)CNS(=O)(=O)c1ccc(C#N)cc1)C(=O)Nc1cccc(C#N)c1. The summed E-state index contributed by atoms with van der Waals surface area (Å²) in [7, 11) is -3.98. The van der Waals surface area contributed by atoms with E-state index in [1.54, 1.807) is 18.2 Å². The van der Waals surface area contributed by atoms with Crippen LogP contribution in [0.1, 0.15) is 18.1 Å². The molecule has 0 saturated heterocycles. The van der Waals surface area contributed by atoms with Crippen molar-refractivity contribution in [3.8, 4) is 12.1 Å². The van der Waals surface area contributed by atoms with E-state index in [0.717, 1.165) is 0 Å². The van der Waals surface area contributed by atoms with E-state index in [4.69, 9.17) is 15.3 Å². The number of benzene rings is 2. The maximum atomic E-state index is 12.2. The molecule has 0 saturated carbocycles. The number of esters is 1. The Bertz CT molecular complexity index is 1100. The smallest absolute Gasteiger partial charge is 0.321 e. The van der Waals surface area contributed by atoms with Gasteiger partial charge in [-0.25, -0.2) is 8.42 Å². The molecule has 0 aliphatic rings. The summed E-state index contributed by atoms with van der Waals surface area (Å²) >= 11 is 0. The Morgan fingerprint density at radius 2 is 1.72 bits per heavy atom. The normalized spacial score (nSPS) is 11.6. The Labute approximate surface area is 167 Å². The molecule has 29 heavy (non-hydrogen) atoms. The highest BCUT2D eigenvalue weighted by atomic mass is 32.2. The number of rotatable bonds is 7. The average Bonchev–Trinajstić information content (AvgIpc) is 2.72. The van der Waals surface area contributed by atoms with Gasteiger partial charge in [-0.15, -0.1) is 0 Å². The molecule has 2 aromatic rings. The van der Waals surface area contributed by atoms with Crippen molar-refractivity contribution in [2.24, 2.45) is 0 Å². The van der Waals surface area contributed by atoms with Crippen LogP contribution in [-0.4, -0.2) is 32.9 Å². The van der Waals surface area contributed by atoms with Crippen LogP contribution in [0.15, 0.2) is 53.4 Å². The van der Waals surface area contributed by atoms with Crippen LogP contribution in [0.2, 0.25) is 0 Å². The van der Waals surface area contributed by atoms with E-state index in [9.17, 15) is 18.0 Å². The van der Waals surface area contributed by atoms with Crippen molar-refractivity contribution in [1.29, 1.82) is 10.5 Å². The van der Waals surface area contributed by atoms with E-state index in [0.29, 0.717) is 16.8 Å². The van der Waals surface area contributed by atoms with E-state index in [1.807, 2.05) is 12.1 Å². The standard InChI is InChI=1S/C19H16N4O5S/c1-13(19(25)23-16-4-2-3-15(9-16)11-21)28-18(24)12-22-29(26,27)17-7-5-14(10-20)6-8-17/h2-9,13,22H,12H2,1H3,(H,23,25)/t13-/m1/s1. The van der Waals surface area contributed by atoms with Crippen molar-refractivity contribution in [3.05, 3.63) is 59.7 Å². The summed E-state index contributed by atoms with van der Waals surface area (Å²) in [6.45, 7) is 0.653. The molecule has 10 heteroatoms. The van der Waals surface area contributed by atoms with E-state index in [-0.39, 0.29) is 4.90 Å². The molecule has 0 radical (unpaired) electrons. The molecule has 2 N–H and O–H groups in total. The molecule has 2 aromatic carbocycles. The molecule has 0 unspecified atom stereocenters. The summed E-state index contributed by atoms with van der Waals surface area (Å²) in [6.07, 6.45) is -1.19. The quantitative estimate of drug-likeness (QED) is 0.650. The fourth-order valence-electron chi connectivity index (χ4n) is 2.15. The number of carbonyl (C=O) groups is 2. The summed E-state index contributed by atoms with van der Waals surface area (Å²) in [5, 5.41) is 20.1. The second-order valence-corrected chi connectivity index (χ2v) is 7.54. The maximum Gasteiger partial charge on any atom is 0.321 e. The first-order valence-corrected chi connectivity index (χ1v) is 9.74. The predicted octanol–water partition coefficient (Wildman–Crippen LogP) is 1.28. The molecule has 9 nitrogen and oxygen atoms in total. The molecular weight excluding hydrogens is 396 g/mol. The van der Waals surface area contributed by atoms with Crippen LogP contribution in [0.25, 0.3) is 0 Å². The molecule has 1 atom stereocenters. The number of nitrogens with one attached hydrogen (secondary N) is 2. The molecule has 0 aliphatic carbocycles. The number of anilines is 1. The molecule has 148 valence electrons. The number of hydrogen-bond acceptors (Lipinski definition) is 7. The number of sulfonamides is 1. The van der Waals surface area contributed by atoms with Gasteiger partial charge >= 0.3 is 5.97 Å². The first-order valence-electron chi connectivity index (χ1n) is 8.25. The summed E-state index contributed by atoms with van der Waals surface area (Å²) in [5.41, 5.74) is 1.01. The van der Waals surface area contributed by atoms with Gasteiger partial charge in [0.2, 0.25) is 10.0 Å². The summed E-state index contributed by atoms with van der Waals surface area (Å²) in [5.74, 6) is -1.58. The maximum absolute atomic E-state index is 12.2. The van der Waals surface area contributed by atoms with Crippen LogP contribution in [0.4, 0.5) is 5.69 Å². The highest BCUT2D eigenvalue weighted by molar-refractivity contribution is 7.89. The highest BCUT2D eigenvalue weighted by Gasteiger charge is 2.20. The minimum Gasteiger partial charge on any atom is -0.452 e. The molecule has 0 fully saturated rings. The predicted molar refractivity (Wildman–Crippen MR) is 102 cm³/mol.